The van der Waals surface area contributed by atoms with E-state index in [1.165, 1.54) is 6.26 Å². The van der Waals surface area contributed by atoms with Gasteiger partial charge in [0.25, 0.3) is 0 Å². The standard InChI is InChI=1S/C12H19NO2S2/c1-4-16-9-10(2)13-11-7-5-6-8-12(11)17(3,14)15/h5-8,10,13H,4,9H2,1-3H3. The minimum atomic E-state index is -3.17. The number of para-hydroxylation sites is 1. The van der Waals surface area contributed by atoms with Crippen molar-refractivity contribution in [3.63, 3.8) is 0 Å². The Kier molecular flexibility index (Phi) is 5.33. The van der Waals surface area contributed by atoms with Gasteiger partial charge in [0.05, 0.1) is 10.6 Å². The maximum absolute atomic E-state index is 11.6. The van der Waals surface area contributed by atoms with Crippen LogP contribution in [0, 0.1) is 0 Å². The average molecular weight is 273 g/mol. The number of nitrogens with one attached hydrogen (secondary N) is 1. The molecular weight excluding hydrogens is 254 g/mol. The highest BCUT2D eigenvalue weighted by Gasteiger charge is 2.13. The molecule has 0 radical (unpaired) electrons. The van der Waals surface area contributed by atoms with E-state index in [1.54, 1.807) is 12.1 Å². The molecular formula is C12H19NO2S2. The Morgan fingerprint density at radius 1 is 1.35 bits per heavy atom. The van der Waals surface area contributed by atoms with Gasteiger partial charge in [0.1, 0.15) is 0 Å². The molecule has 1 N–H and O–H groups in total. The molecule has 0 aromatic heterocycles. The molecule has 0 heterocycles. The van der Waals surface area contributed by atoms with Gasteiger partial charge in [-0.05, 0) is 24.8 Å². The zero-order valence-electron chi connectivity index (χ0n) is 10.4. The Morgan fingerprint density at radius 3 is 2.59 bits per heavy atom. The summed E-state index contributed by atoms with van der Waals surface area (Å²) in [5.41, 5.74) is 0.694. The lowest BCUT2D eigenvalue weighted by Gasteiger charge is -2.16. The number of benzene rings is 1. The van der Waals surface area contributed by atoms with Gasteiger partial charge in [-0.2, -0.15) is 11.8 Å². The first kappa shape index (κ1) is 14.4. The van der Waals surface area contributed by atoms with Crippen LogP contribution in [0.1, 0.15) is 13.8 Å². The quantitative estimate of drug-likeness (QED) is 0.865. The molecule has 0 saturated heterocycles. The van der Waals surface area contributed by atoms with E-state index in [9.17, 15) is 8.42 Å². The van der Waals surface area contributed by atoms with Gasteiger partial charge in [0.15, 0.2) is 9.84 Å². The molecule has 0 amide bonds. The summed E-state index contributed by atoms with van der Waals surface area (Å²) in [6.45, 7) is 4.17. The number of hydrogen-bond acceptors (Lipinski definition) is 4. The van der Waals surface area contributed by atoms with Gasteiger partial charge in [-0.1, -0.05) is 19.1 Å². The molecule has 0 aliphatic carbocycles. The fourth-order valence-electron chi connectivity index (χ4n) is 1.51. The molecule has 0 fully saturated rings. The van der Waals surface area contributed by atoms with Crippen LogP contribution in [-0.4, -0.2) is 32.2 Å². The predicted octanol–water partition coefficient (Wildman–Crippen LogP) is 2.64. The fraction of sp³-hybridized carbons (Fsp3) is 0.500. The van der Waals surface area contributed by atoms with E-state index in [0.717, 1.165) is 11.5 Å². The van der Waals surface area contributed by atoms with Crippen LogP contribution in [0.4, 0.5) is 5.69 Å². The molecule has 1 aromatic carbocycles. The lowest BCUT2D eigenvalue weighted by Crippen LogP contribution is -2.19. The van der Waals surface area contributed by atoms with E-state index >= 15 is 0 Å². The van der Waals surface area contributed by atoms with E-state index < -0.39 is 9.84 Å². The monoisotopic (exact) mass is 273 g/mol. The first-order valence-corrected chi connectivity index (χ1v) is 8.63. The van der Waals surface area contributed by atoms with Crippen LogP contribution in [0.2, 0.25) is 0 Å². The van der Waals surface area contributed by atoms with E-state index in [1.807, 2.05) is 23.9 Å². The van der Waals surface area contributed by atoms with Gasteiger partial charge in [0, 0.05) is 18.1 Å². The molecule has 96 valence electrons. The lowest BCUT2D eigenvalue weighted by atomic mass is 10.3. The van der Waals surface area contributed by atoms with Gasteiger partial charge >= 0.3 is 0 Å². The Bertz CT molecular complexity index is 457. The molecule has 0 aliphatic rings. The van der Waals surface area contributed by atoms with E-state index in [2.05, 4.69) is 19.2 Å². The van der Waals surface area contributed by atoms with Crippen molar-refractivity contribution in [2.45, 2.75) is 24.8 Å². The van der Waals surface area contributed by atoms with Crippen LogP contribution in [0.25, 0.3) is 0 Å². The third-order valence-electron chi connectivity index (χ3n) is 2.26. The minimum absolute atomic E-state index is 0.253. The third kappa shape index (κ3) is 4.60. The summed E-state index contributed by atoms with van der Waals surface area (Å²) < 4.78 is 23.2. The van der Waals surface area contributed by atoms with Crippen LogP contribution in [0.15, 0.2) is 29.2 Å². The van der Waals surface area contributed by atoms with Gasteiger partial charge in [0.2, 0.25) is 0 Å². The molecule has 0 spiro atoms. The summed E-state index contributed by atoms with van der Waals surface area (Å²) in [4.78, 5) is 0.369. The zero-order chi connectivity index (χ0) is 12.9. The summed E-state index contributed by atoms with van der Waals surface area (Å²) in [7, 11) is -3.17. The van der Waals surface area contributed by atoms with Crippen molar-refractivity contribution >= 4 is 27.3 Å². The Labute approximate surface area is 108 Å². The van der Waals surface area contributed by atoms with Gasteiger partial charge in [-0.15, -0.1) is 0 Å². The number of rotatable bonds is 6. The summed E-state index contributed by atoms with van der Waals surface area (Å²) >= 11 is 1.84. The van der Waals surface area contributed by atoms with E-state index in [-0.39, 0.29) is 6.04 Å². The first-order valence-electron chi connectivity index (χ1n) is 5.58. The second-order valence-electron chi connectivity index (χ2n) is 3.97. The molecule has 1 unspecified atom stereocenters. The Morgan fingerprint density at radius 2 is 2.00 bits per heavy atom. The summed E-state index contributed by atoms with van der Waals surface area (Å²) in [6, 6.07) is 7.28. The molecule has 0 aliphatic heterocycles. The molecule has 0 saturated carbocycles. The largest absolute Gasteiger partial charge is 0.381 e. The van der Waals surface area contributed by atoms with Crippen molar-refractivity contribution in [2.24, 2.45) is 0 Å². The highest BCUT2D eigenvalue weighted by molar-refractivity contribution is 7.99. The Hall–Kier alpha value is -0.680. The van der Waals surface area contributed by atoms with Crippen LogP contribution in [-0.2, 0) is 9.84 Å². The SMILES string of the molecule is CCSCC(C)Nc1ccccc1S(C)(=O)=O. The number of thioether (sulfide) groups is 1. The molecule has 5 heteroatoms. The van der Waals surface area contributed by atoms with Crippen molar-refractivity contribution in [2.75, 3.05) is 23.1 Å². The second-order valence-corrected chi connectivity index (χ2v) is 7.28. The number of anilines is 1. The average Bonchev–Trinajstić information content (AvgIpc) is 2.25. The van der Waals surface area contributed by atoms with Crippen molar-refractivity contribution < 1.29 is 8.42 Å². The minimum Gasteiger partial charge on any atom is -0.381 e. The number of sulfone groups is 1. The van der Waals surface area contributed by atoms with Crippen LogP contribution < -0.4 is 5.32 Å². The maximum Gasteiger partial charge on any atom is 0.177 e. The highest BCUT2D eigenvalue weighted by atomic mass is 32.2. The molecule has 1 aromatic rings. The van der Waals surface area contributed by atoms with Gasteiger partial charge in [-0.3, -0.25) is 0 Å². The highest BCUT2D eigenvalue weighted by Crippen LogP contribution is 2.21. The maximum atomic E-state index is 11.6. The fourth-order valence-corrected chi connectivity index (χ4v) is 3.04. The summed E-state index contributed by atoms with van der Waals surface area (Å²) in [6.07, 6.45) is 1.24. The van der Waals surface area contributed by atoms with Crippen molar-refractivity contribution in [1.29, 1.82) is 0 Å². The zero-order valence-corrected chi connectivity index (χ0v) is 12.1. The number of hydrogen-bond donors (Lipinski definition) is 1. The molecule has 1 atom stereocenters. The molecule has 0 bridgehead atoms. The Balaban J connectivity index is 2.84. The van der Waals surface area contributed by atoms with E-state index in [0.29, 0.717) is 10.6 Å². The van der Waals surface area contributed by atoms with Gasteiger partial charge in [-0.25, -0.2) is 8.42 Å². The molecule has 17 heavy (non-hydrogen) atoms. The van der Waals surface area contributed by atoms with Crippen molar-refractivity contribution in [1.82, 2.24) is 0 Å². The van der Waals surface area contributed by atoms with Crippen LogP contribution in [0.5, 0.6) is 0 Å². The van der Waals surface area contributed by atoms with E-state index in [4.69, 9.17) is 0 Å². The molecule has 3 nitrogen and oxygen atoms in total. The normalized spacial score (nSPS) is 13.4. The van der Waals surface area contributed by atoms with Crippen molar-refractivity contribution in [3.8, 4) is 0 Å². The predicted molar refractivity (Wildman–Crippen MR) is 75.6 cm³/mol. The molecule has 1 rings (SSSR count). The second kappa shape index (κ2) is 6.31. The summed E-state index contributed by atoms with van der Waals surface area (Å²) in [5, 5.41) is 3.25. The van der Waals surface area contributed by atoms with Crippen molar-refractivity contribution in [3.05, 3.63) is 24.3 Å². The topological polar surface area (TPSA) is 46.2 Å². The smallest absolute Gasteiger partial charge is 0.177 e. The van der Waals surface area contributed by atoms with Crippen LogP contribution >= 0.6 is 11.8 Å². The van der Waals surface area contributed by atoms with Gasteiger partial charge < -0.3 is 5.32 Å². The van der Waals surface area contributed by atoms with Crippen LogP contribution in [0.3, 0.4) is 0 Å². The lowest BCUT2D eigenvalue weighted by molar-refractivity contribution is 0.602. The summed E-state index contributed by atoms with van der Waals surface area (Å²) in [5.74, 6) is 2.04. The first-order chi connectivity index (χ1) is 7.95. The third-order valence-corrected chi connectivity index (χ3v) is 4.56.